The third kappa shape index (κ3) is 3.65. The fourth-order valence-corrected chi connectivity index (χ4v) is 3.32. The van der Waals surface area contributed by atoms with Crippen LogP contribution < -0.4 is 5.32 Å². The molecule has 0 atom stereocenters. The molecule has 0 saturated heterocycles. The van der Waals surface area contributed by atoms with Crippen molar-refractivity contribution in [3.63, 3.8) is 0 Å². The van der Waals surface area contributed by atoms with Gasteiger partial charge in [-0.05, 0) is 48.6 Å². The van der Waals surface area contributed by atoms with E-state index in [9.17, 15) is 14.7 Å². The maximum Gasteiger partial charge on any atom is 0.337 e. The average molecular weight is 323 g/mol. The largest absolute Gasteiger partial charge is 0.478 e. The van der Waals surface area contributed by atoms with E-state index in [-0.39, 0.29) is 11.5 Å². The Morgan fingerprint density at radius 3 is 2.25 bits per heavy atom. The molecule has 0 unspecified atom stereocenters. The highest BCUT2D eigenvalue weighted by Crippen LogP contribution is 2.32. The van der Waals surface area contributed by atoms with Crippen LogP contribution >= 0.6 is 0 Å². The first kappa shape index (κ1) is 16.2. The van der Waals surface area contributed by atoms with Gasteiger partial charge in [-0.25, -0.2) is 4.79 Å². The van der Waals surface area contributed by atoms with Gasteiger partial charge in [-0.3, -0.25) is 4.79 Å². The fraction of sp³-hybridized carbons (Fsp3) is 0.300. The van der Waals surface area contributed by atoms with Gasteiger partial charge in [0.15, 0.2) is 0 Å². The summed E-state index contributed by atoms with van der Waals surface area (Å²) in [6.07, 6.45) is 6.31. The molecule has 0 spiro atoms. The zero-order chi connectivity index (χ0) is 16.9. The van der Waals surface area contributed by atoms with Crippen molar-refractivity contribution in [2.75, 3.05) is 5.32 Å². The van der Waals surface area contributed by atoms with Crippen LogP contribution in [0.1, 0.15) is 64.3 Å². The van der Waals surface area contributed by atoms with E-state index in [2.05, 4.69) is 5.32 Å². The van der Waals surface area contributed by atoms with Crippen molar-refractivity contribution in [3.8, 4) is 0 Å². The summed E-state index contributed by atoms with van der Waals surface area (Å²) in [5, 5.41) is 11.9. The van der Waals surface area contributed by atoms with Gasteiger partial charge < -0.3 is 10.4 Å². The minimum absolute atomic E-state index is 0.0877. The van der Waals surface area contributed by atoms with Crippen molar-refractivity contribution in [3.05, 3.63) is 65.2 Å². The Morgan fingerprint density at radius 2 is 1.58 bits per heavy atom. The van der Waals surface area contributed by atoms with Gasteiger partial charge in [0.05, 0.1) is 11.3 Å². The molecule has 124 valence electrons. The number of hydrogen-bond acceptors (Lipinski definition) is 2. The normalized spacial score (nSPS) is 15.0. The van der Waals surface area contributed by atoms with Crippen molar-refractivity contribution >= 4 is 17.6 Å². The van der Waals surface area contributed by atoms with Crippen LogP contribution in [0.15, 0.2) is 48.5 Å². The smallest absolute Gasteiger partial charge is 0.337 e. The molecule has 0 radical (unpaired) electrons. The van der Waals surface area contributed by atoms with E-state index in [0.29, 0.717) is 17.2 Å². The van der Waals surface area contributed by atoms with Crippen LogP contribution in [0, 0.1) is 0 Å². The minimum atomic E-state index is -1.06. The first-order valence-electron chi connectivity index (χ1n) is 8.39. The number of amides is 1. The van der Waals surface area contributed by atoms with Gasteiger partial charge in [0, 0.05) is 5.56 Å². The first-order valence-corrected chi connectivity index (χ1v) is 8.39. The number of carbonyl (C=O) groups excluding carboxylic acids is 1. The van der Waals surface area contributed by atoms with Crippen molar-refractivity contribution in [1.29, 1.82) is 0 Å². The lowest BCUT2D eigenvalue weighted by Gasteiger charge is -2.22. The number of benzene rings is 2. The summed E-state index contributed by atoms with van der Waals surface area (Å²) in [5.41, 5.74) is 2.22. The molecule has 24 heavy (non-hydrogen) atoms. The molecule has 4 heteroatoms. The van der Waals surface area contributed by atoms with Crippen LogP contribution in [-0.4, -0.2) is 17.0 Å². The van der Waals surface area contributed by atoms with Crippen molar-refractivity contribution in [1.82, 2.24) is 0 Å². The van der Waals surface area contributed by atoms with Crippen LogP contribution in [0.2, 0.25) is 0 Å². The van der Waals surface area contributed by atoms with Crippen LogP contribution in [-0.2, 0) is 0 Å². The van der Waals surface area contributed by atoms with E-state index >= 15 is 0 Å². The van der Waals surface area contributed by atoms with Crippen molar-refractivity contribution in [2.24, 2.45) is 0 Å². The highest BCUT2D eigenvalue weighted by atomic mass is 16.4. The average Bonchev–Trinajstić information content (AvgIpc) is 2.63. The van der Waals surface area contributed by atoms with Gasteiger partial charge >= 0.3 is 5.97 Å². The summed E-state index contributed by atoms with van der Waals surface area (Å²) in [5.74, 6) is -0.749. The number of carboxylic acid groups (broad SMARTS) is 1. The standard InChI is InChI=1S/C20H21NO3/c22-19(21-18-9-5-4-8-17(18)20(23)24)16-12-10-15(11-13-16)14-6-2-1-3-7-14/h4-5,8-14H,1-3,6-7H2,(H,21,22)(H,23,24). The van der Waals surface area contributed by atoms with Crippen molar-refractivity contribution in [2.45, 2.75) is 38.0 Å². The maximum atomic E-state index is 12.4. The summed E-state index contributed by atoms with van der Waals surface area (Å²) in [6.45, 7) is 0. The third-order valence-corrected chi connectivity index (χ3v) is 4.66. The topological polar surface area (TPSA) is 66.4 Å². The molecule has 1 aliphatic carbocycles. The van der Waals surface area contributed by atoms with E-state index in [4.69, 9.17) is 0 Å². The van der Waals surface area contributed by atoms with Gasteiger partial charge in [0.1, 0.15) is 0 Å². The monoisotopic (exact) mass is 323 g/mol. The Balaban J connectivity index is 1.72. The third-order valence-electron chi connectivity index (χ3n) is 4.66. The van der Waals surface area contributed by atoms with Gasteiger partial charge in [-0.2, -0.15) is 0 Å². The lowest BCUT2D eigenvalue weighted by atomic mass is 9.84. The molecule has 1 fully saturated rings. The second-order valence-corrected chi connectivity index (χ2v) is 6.26. The molecular formula is C20H21NO3. The molecule has 1 aliphatic rings. The number of anilines is 1. The van der Waals surface area contributed by atoms with Gasteiger partial charge in [-0.15, -0.1) is 0 Å². The Kier molecular flexibility index (Phi) is 4.94. The number of carbonyl (C=O) groups is 2. The lowest BCUT2D eigenvalue weighted by molar-refractivity contribution is 0.0698. The number of carboxylic acids is 1. The highest BCUT2D eigenvalue weighted by Gasteiger charge is 2.17. The number of para-hydroxylation sites is 1. The molecule has 0 bridgehead atoms. The molecular weight excluding hydrogens is 302 g/mol. The Bertz CT molecular complexity index is 731. The van der Waals surface area contributed by atoms with E-state index in [1.54, 1.807) is 18.2 Å². The summed E-state index contributed by atoms with van der Waals surface area (Å²) in [4.78, 5) is 23.6. The van der Waals surface area contributed by atoms with E-state index < -0.39 is 5.97 Å². The molecule has 3 rings (SSSR count). The van der Waals surface area contributed by atoms with Crippen LogP contribution in [0.5, 0.6) is 0 Å². The number of nitrogens with one attached hydrogen (secondary N) is 1. The van der Waals surface area contributed by atoms with Crippen LogP contribution in [0.4, 0.5) is 5.69 Å². The molecule has 2 aromatic rings. The molecule has 0 aliphatic heterocycles. The SMILES string of the molecule is O=C(Nc1ccccc1C(=O)O)c1ccc(C2CCCCC2)cc1. The van der Waals surface area contributed by atoms with E-state index in [0.717, 1.165) is 0 Å². The van der Waals surface area contributed by atoms with Crippen molar-refractivity contribution < 1.29 is 14.7 Å². The number of hydrogen-bond donors (Lipinski definition) is 2. The van der Waals surface area contributed by atoms with Gasteiger partial charge in [-0.1, -0.05) is 43.5 Å². The Labute approximate surface area is 141 Å². The zero-order valence-electron chi connectivity index (χ0n) is 13.5. The van der Waals surface area contributed by atoms with Gasteiger partial charge in [0.2, 0.25) is 0 Å². The summed E-state index contributed by atoms with van der Waals surface area (Å²) in [6, 6.07) is 14.1. The van der Waals surface area contributed by atoms with Gasteiger partial charge in [0.25, 0.3) is 5.91 Å². The predicted octanol–water partition coefficient (Wildman–Crippen LogP) is 4.68. The summed E-state index contributed by atoms with van der Waals surface area (Å²) < 4.78 is 0. The zero-order valence-corrected chi connectivity index (χ0v) is 13.5. The van der Waals surface area contributed by atoms with E-state index in [1.807, 2.05) is 24.3 Å². The second kappa shape index (κ2) is 7.30. The minimum Gasteiger partial charge on any atom is -0.478 e. The Hall–Kier alpha value is -2.62. The Morgan fingerprint density at radius 1 is 0.917 bits per heavy atom. The number of aromatic carboxylic acids is 1. The summed E-state index contributed by atoms with van der Waals surface area (Å²) in [7, 11) is 0. The first-order chi connectivity index (χ1) is 11.6. The second-order valence-electron chi connectivity index (χ2n) is 6.26. The molecule has 1 saturated carbocycles. The molecule has 1 amide bonds. The van der Waals surface area contributed by atoms with Crippen LogP contribution in [0.3, 0.4) is 0 Å². The fourth-order valence-electron chi connectivity index (χ4n) is 3.32. The molecule has 0 aromatic heterocycles. The number of rotatable bonds is 4. The van der Waals surface area contributed by atoms with Crippen LogP contribution in [0.25, 0.3) is 0 Å². The predicted molar refractivity (Wildman–Crippen MR) is 93.6 cm³/mol. The molecule has 0 heterocycles. The quantitative estimate of drug-likeness (QED) is 0.858. The molecule has 2 N–H and O–H groups in total. The highest BCUT2D eigenvalue weighted by molar-refractivity contribution is 6.07. The summed E-state index contributed by atoms with van der Waals surface area (Å²) >= 11 is 0. The molecule has 2 aromatic carbocycles. The van der Waals surface area contributed by atoms with E-state index in [1.165, 1.54) is 43.7 Å². The lowest BCUT2D eigenvalue weighted by Crippen LogP contribution is -2.15. The molecule has 4 nitrogen and oxygen atoms in total. The maximum absolute atomic E-state index is 12.4.